The molecule has 1 aliphatic rings. The number of likely N-dealkylation sites (tertiary alicyclic amines) is 1. The molecule has 7 heteroatoms. The van der Waals surface area contributed by atoms with Crippen LogP contribution in [-0.4, -0.2) is 41.5 Å². The predicted molar refractivity (Wildman–Crippen MR) is 141 cm³/mol. The van der Waals surface area contributed by atoms with Crippen molar-refractivity contribution in [3.8, 4) is 5.75 Å². The average Bonchev–Trinajstić information content (AvgIpc) is 3.14. The molecule has 2 N–H and O–H groups in total. The maximum absolute atomic E-state index is 13.1. The van der Waals surface area contributed by atoms with Crippen molar-refractivity contribution in [2.75, 3.05) is 25.0 Å². The van der Waals surface area contributed by atoms with E-state index in [9.17, 15) is 9.59 Å². The normalized spacial score (nSPS) is 13.6. The summed E-state index contributed by atoms with van der Waals surface area (Å²) < 4.78 is 5.74. The summed E-state index contributed by atoms with van der Waals surface area (Å²) in [4.78, 5) is 27.6. The molecule has 3 rings (SSSR count). The molecule has 1 aliphatic heterocycles. The predicted octanol–water partition coefficient (Wildman–Crippen LogP) is 5.79. The Bertz CT molecular complexity index is 954. The van der Waals surface area contributed by atoms with Gasteiger partial charge in [0.15, 0.2) is 5.11 Å². The van der Waals surface area contributed by atoms with Gasteiger partial charge >= 0.3 is 0 Å². The number of nitrogens with one attached hydrogen (secondary N) is 2. The Hall–Kier alpha value is -2.93. The van der Waals surface area contributed by atoms with E-state index in [2.05, 4.69) is 17.6 Å². The second-order valence-electron chi connectivity index (χ2n) is 8.59. The Kier molecular flexibility index (Phi) is 10.3. The SMILES string of the molecule is CCCCCCOc1ccc(C(=O)NC(=S)Nc2ccccc2C(=O)N2CCCCCC2)cc1. The van der Waals surface area contributed by atoms with E-state index in [1.165, 1.54) is 12.8 Å². The summed E-state index contributed by atoms with van der Waals surface area (Å²) in [5, 5.41) is 5.88. The van der Waals surface area contributed by atoms with E-state index in [1.807, 2.05) is 17.0 Å². The molecule has 0 aliphatic carbocycles. The van der Waals surface area contributed by atoms with Crippen molar-refractivity contribution in [1.29, 1.82) is 0 Å². The maximum Gasteiger partial charge on any atom is 0.257 e. The van der Waals surface area contributed by atoms with Gasteiger partial charge in [-0.25, -0.2) is 0 Å². The van der Waals surface area contributed by atoms with Gasteiger partial charge in [0.25, 0.3) is 11.8 Å². The molecule has 0 bridgehead atoms. The summed E-state index contributed by atoms with van der Waals surface area (Å²) in [6, 6.07) is 14.3. The van der Waals surface area contributed by atoms with Crippen LogP contribution in [0.15, 0.2) is 48.5 Å². The minimum absolute atomic E-state index is 0.00981. The number of benzene rings is 2. The van der Waals surface area contributed by atoms with Crippen molar-refractivity contribution in [3.63, 3.8) is 0 Å². The molecule has 182 valence electrons. The molecule has 0 radical (unpaired) electrons. The highest BCUT2D eigenvalue weighted by molar-refractivity contribution is 7.80. The fourth-order valence-corrected chi connectivity index (χ4v) is 4.18. The third-order valence-electron chi connectivity index (χ3n) is 5.91. The van der Waals surface area contributed by atoms with Gasteiger partial charge in [-0.1, -0.05) is 51.2 Å². The number of nitrogens with zero attached hydrogens (tertiary/aromatic N) is 1. The van der Waals surface area contributed by atoms with Gasteiger partial charge in [0.05, 0.1) is 17.9 Å². The Labute approximate surface area is 208 Å². The molecule has 34 heavy (non-hydrogen) atoms. The lowest BCUT2D eigenvalue weighted by molar-refractivity contribution is 0.0762. The summed E-state index contributed by atoms with van der Waals surface area (Å²) >= 11 is 5.36. The van der Waals surface area contributed by atoms with Crippen LogP contribution >= 0.6 is 12.2 Å². The third kappa shape index (κ3) is 7.83. The summed E-state index contributed by atoms with van der Waals surface area (Å²) in [6.07, 6.45) is 8.97. The molecule has 1 fully saturated rings. The van der Waals surface area contributed by atoms with Crippen LogP contribution in [0.1, 0.15) is 79.0 Å². The number of para-hydroxylation sites is 1. The number of ether oxygens (including phenoxy) is 1. The molecule has 0 aromatic heterocycles. The lowest BCUT2D eigenvalue weighted by atomic mass is 10.1. The van der Waals surface area contributed by atoms with Gasteiger partial charge in [0, 0.05) is 18.7 Å². The fourth-order valence-electron chi connectivity index (χ4n) is 3.97. The summed E-state index contributed by atoms with van der Waals surface area (Å²) in [5.41, 5.74) is 1.63. The number of hydrogen-bond donors (Lipinski definition) is 2. The second-order valence-corrected chi connectivity index (χ2v) is 9.00. The number of amides is 2. The Morgan fingerprint density at radius 2 is 1.65 bits per heavy atom. The number of unbranched alkanes of at least 4 members (excludes halogenated alkanes) is 3. The molecule has 2 aromatic carbocycles. The molecule has 1 saturated heterocycles. The van der Waals surface area contributed by atoms with Crippen LogP contribution in [0.4, 0.5) is 5.69 Å². The quantitative estimate of drug-likeness (QED) is 0.350. The summed E-state index contributed by atoms with van der Waals surface area (Å²) in [6.45, 7) is 4.40. The van der Waals surface area contributed by atoms with Gasteiger partial charge in [-0.05, 0) is 67.9 Å². The Balaban J connectivity index is 1.54. The van der Waals surface area contributed by atoms with Crippen LogP contribution in [0.2, 0.25) is 0 Å². The van der Waals surface area contributed by atoms with E-state index in [4.69, 9.17) is 17.0 Å². The second kappa shape index (κ2) is 13.7. The van der Waals surface area contributed by atoms with Crippen LogP contribution in [-0.2, 0) is 0 Å². The fraction of sp³-hybridized carbons (Fsp3) is 0.444. The van der Waals surface area contributed by atoms with E-state index >= 15 is 0 Å². The average molecular weight is 482 g/mol. The molecular weight excluding hydrogens is 446 g/mol. The Morgan fingerprint density at radius 3 is 2.35 bits per heavy atom. The number of hydrogen-bond acceptors (Lipinski definition) is 4. The van der Waals surface area contributed by atoms with Crippen molar-refractivity contribution >= 4 is 34.8 Å². The summed E-state index contributed by atoms with van der Waals surface area (Å²) in [7, 11) is 0. The van der Waals surface area contributed by atoms with Crippen LogP contribution < -0.4 is 15.4 Å². The van der Waals surface area contributed by atoms with Gasteiger partial charge in [0.2, 0.25) is 0 Å². The van der Waals surface area contributed by atoms with Crippen molar-refractivity contribution in [2.45, 2.75) is 58.3 Å². The van der Waals surface area contributed by atoms with Crippen LogP contribution in [0.5, 0.6) is 5.75 Å². The van der Waals surface area contributed by atoms with E-state index in [1.54, 1.807) is 36.4 Å². The minimum atomic E-state index is -0.316. The van der Waals surface area contributed by atoms with E-state index in [0.29, 0.717) is 23.4 Å². The van der Waals surface area contributed by atoms with Crippen LogP contribution in [0, 0.1) is 0 Å². The lowest BCUT2D eigenvalue weighted by Crippen LogP contribution is -2.36. The number of carbonyl (C=O) groups excluding carboxylic acids is 2. The Morgan fingerprint density at radius 1 is 0.941 bits per heavy atom. The third-order valence-corrected chi connectivity index (χ3v) is 6.11. The number of anilines is 1. The smallest absolute Gasteiger partial charge is 0.257 e. The molecule has 2 aromatic rings. The van der Waals surface area contributed by atoms with Crippen LogP contribution in [0.3, 0.4) is 0 Å². The molecular formula is C27H35N3O3S. The molecule has 2 amide bonds. The molecule has 0 spiro atoms. The van der Waals surface area contributed by atoms with Crippen molar-refractivity contribution in [1.82, 2.24) is 10.2 Å². The lowest BCUT2D eigenvalue weighted by Gasteiger charge is -2.22. The highest BCUT2D eigenvalue weighted by atomic mass is 32.1. The van der Waals surface area contributed by atoms with Crippen molar-refractivity contribution in [2.24, 2.45) is 0 Å². The number of carbonyl (C=O) groups is 2. The van der Waals surface area contributed by atoms with Gasteiger partial charge in [-0.15, -0.1) is 0 Å². The van der Waals surface area contributed by atoms with Gasteiger partial charge in [-0.2, -0.15) is 0 Å². The van der Waals surface area contributed by atoms with Crippen LogP contribution in [0.25, 0.3) is 0 Å². The molecule has 0 saturated carbocycles. The summed E-state index contributed by atoms with van der Waals surface area (Å²) in [5.74, 6) is 0.419. The molecule has 0 atom stereocenters. The highest BCUT2D eigenvalue weighted by Gasteiger charge is 2.20. The van der Waals surface area contributed by atoms with E-state index in [-0.39, 0.29) is 16.9 Å². The maximum atomic E-state index is 13.1. The standard InChI is InChI=1S/C27H35N3O3S/c1-2-3-4-11-20-33-22-16-14-21(15-17-22)25(31)29-27(34)28-24-13-8-7-12-23(24)26(32)30-18-9-5-6-10-19-30/h7-8,12-17H,2-6,9-11,18-20H2,1H3,(H2,28,29,31,34). The first-order valence-electron chi connectivity index (χ1n) is 12.3. The van der Waals surface area contributed by atoms with Crippen molar-refractivity contribution < 1.29 is 14.3 Å². The van der Waals surface area contributed by atoms with E-state index in [0.717, 1.165) is 57.4 Å². The first-order chi connectivity index (χ1) is 16.6. The molecule has 1 heterocycles. The molecule has 0 unspecified atom stereocenters. The zero-order valence-electron chi connectivity index (χ0n) is 20.0. The first kappa shape index (κ1) is 25.7. The largest absolute Gasteiger partial charge is 0.494 e. The molecule has 6 nitrogen and oxygen atoms in total. The minimum Gasteiger partial charge on any atom is -0.494 e. The highest BCUT2D eigenvalue weighted by Crippen LogP contribution is 2.20. The topological polar surface area (TPSA) is 70.7 Å². The number of thiocarbonyl (C=S) groups is 1. The number of rotatable bonds is 9. The zero-order chi connectivity index (χ0) is 24.2. The van der Waals surface area contributed by atoms with Gasteiger partial charge in [-0.3, -0.25) is 14.9 Å². The van der Waals surface area contributed by atoms with E-state index < -0.39 is 0 Å². The van der Waals surface area contributed by atoms with Gasteiger partial charge in [0.1, 0.15) is 5.75 Å². The van der Waals surface area contributed by atoms with Crippen molar-refractivity contribution in [3.05, 3.63) is 59.7 Å². The van der Waals surface area contributed by atoms with Gasteiger partial charge < -0.3 is 15.0 Å². The monoisotopic (exact) mass is 481 g/mol. The zero-order valence-corrected chi connectivity index (χ0v) is 20.8. The first-order valence-corrected chi connectivity index (χ1v) is 12.7.